The molecule has 17 heavy (non-hydrogen) atoms. The Balaban J connectivity index is 2.07. The molecule has 1 aromatic carbocycles. The monoisotopic (exact) mass is 244 g/mol. The Morgan fingerprint density at radius 1 is 1.35 bits per heavy atom. The number of halogens is 3. The summed E-state index contributed by atoms with van der Waals surface area (Å²) >= 11 is 0. The van der Waals surface area contributed by atoms with E-state index in [2.05, 4.69) is 14.7 Å². The third-order valence-corrected chi connectivity index (χ3v) is 2.27. The normalized spacial score (nSPS) is 12.2. The summed E-state index contributed by atoms with van der Waals surface area (Å²) in [5.74, 6) is 0.401. The van der Waals surface area contributed by atoms with Crippen molar-refractivity contribution in [1.29, 1.82) is 0 Å². The first-order chi connectivity index (χ1) is 7.96. The average molecular weight is 244 g/mol. The van der Waals surface area contributed by atoms with E-state index >= 15 is 0 Å². The predicted octanol–water partition coefficient (Wildman–Crippen LogP) is 2.95. The van der Waals surface area contributed by atoms with Gasteiger partial charge >= 0.3 is 6.18 Å². The van der Waals surface area contributed by atoms with Gasteiger partial charge in [0.2, 0.25) is 0 Å². The smallest absolute Gasteiger partial charge is 0.364 e. The molecule has 0 fully saturated rings. The van der Waals surface area contributed by atoms with Gasteiger partial charge in [0.25, 0.3) is 0 Å². The van der Waals surface area contributed by atoms with Crippen LogP contribution >= 0.6 is 0 Å². The van der Waals surface area contributed by atoms with Crippen LogP contribution < -0.4 is 0 Å². The summed E-state index contributed by atoms with van der Waals surface area (Å²) in [6.45, 7) is 0.459. The fourth-order valence-electron chi connectivity index (χ4n) is 1.56. The van der Waals surface area contributed by atoms with E-state index in [9.17, 15) is 13.2 Å². The molecule has 0 radical (unpaired) electrons. The molecule has 0 aliphatic rings. The van der Waals surface area contributed by atoms with Gasteiger partial charge in [0.15, 0.2) is 0 Å². The highest BCUT2D eigenvalue weighted by molar-refractivity contribution is 5.78. The number of para-hydroxylation sites is 1. The highest BCUT2D eigenvalue weighted by Crippen LogP contribution is 2.18. The molecule has 6 heteroatoms. The molecule has 0 aliphatic heterocycles. The maximum absolute atomic E-state index is 11.9. The van der Waals surface area contributed by atoms with Gasteiger partial charge in [-0.1, -0.05) is 12.1 Å². The Morgan fingerprint density at radius 3 is 2.76 bits per heavy atom. The minimum Gasteiger partial charge on any atom is -0.364 e. The zero-order chi connectivity index (χ0) is 12.5. The highest BCUT2D eigenvalue weighted by atomic mass is 19.4. The number of rotatable bonds is 3. The lowest BCUT2D eigenvalue weighted by Crippen LogP contribution is -2.16. The van der Waals surface area contributed by atoms with Gasteiger partial charge in [-0.15, -0.1) is 0 Å². The fraction of sp³-hybridized carbons (Fsp3) is 0.364. The van der Waals surface area contributed by atoms with Gasteiger partial charge in [-0.05, 0) is 18.6 Å². The second-order valence-electron chi connectivity index (χ2n) is 3.76. The number of ether oxygens (including phenoxy) is 1. The molecule has 0 saturated carbocycles. The Hall–Kier alpha value is -1.56. The number of aromatic nitrogens is 2. The number of aromatic amines is 1. The molecule has 0 bridgehead atoms. The first-order valence-electron chi connectivity index (χ1n) is 5.04. The number of benzene rings is 1. The Kier molecular flexibility index (Phi) is 3.06. The molecular formula is C11H11F3N2O. The first kappa shape index (κ1) is 11.9. The number of hydrogen-bond donors (Lipinski definition) is 1. The van der Waals surface area contributed by atoms with Crippen molar-refractivity contribution in [1.82, 2.24) is 9.97 Å². The molecule has 0 saturated heterocycles. The number of fused-ring (bicyclic) bond motifs is 1. The fourth-order valence-corrected chi connectivity index (χ4v) is 1.56. The molecule has 92 valence electrons. The molecule has 2 rings (SSSR count). The van der Waals surface area contributed by atoms with E-state index in [1.165, 1.54) is 0 Å². The summed E-state index contributed by atoms with van der Waals surface area (Å²) in [4.78, 5) is 7.10. The van der Waals surface area contributed by atoms with Crippen molar-refractivity contribution in [3.63, 3.8) is 0 Å². The summed E-state index contributed by atoms with van der Waals surface area (Å²) in [5.41, 5.74) is 2.54. The lowest BCUT2D eigenvalue weighted by molar-refractivity contribution is -0.177. The lowest BCUT2D eigenvalue weighted by Gasteiger charge is -2.05. The van der Waals surface area contributed by atoms with Crippen molar-refractivity contribution >= 4 is 11.0 Å². The predicted molar refractivity (Wildman–Crippen MR) is 56.5 cm³/mol. The van der Waals surface area contributed by atoms with E-state index in [4.69, 9.17) is 0 Å². The van der Waals surface area contributed by atoms with Crippen molar-refractivity contribution in [2.45, 2.75) is 19.7 Å². The van der Waals surface area contributed by atoms with Crippen molar-refractivity contribution in [2.75, 3.05) is 6.61 Å². The van der Waals surface area contributed by atoms with Crippen LogP contribution in [0.25, 0.3) is 11.0 Å². The second-order valence-corrected chi connectivity index (χ2v) is 3.76. The summed E-state index contributed by atoms with van der Waals surface area (Å²) in [6, 6.07) is 5.57. The number of aryl methyl sites for hydroxylation is 1. The maximum Gasteiger partial charge on any atom is 0.411 e. The zero-order valence-corrected chi connectivity index (χ0v) is 9.14. The molecule has 3 nitrogen and oxygen atoms in total. The topological polar surface area (TPSA) is 37.9 Å². The van der Waals surface area contributed by atoms with Crippen LogP contribution in [0.1, 0.15) is 11.4 Å². The van der Waals surface area contributed by atoms with Gasteiger partial charge in [-0.2, -0.15) is 13.2 Å². The zero-order valence-electron chi connectivity index (χ0n) is 9.14. The summed E-state index contributed by atoms with van der Waals surface area (Å²) < 4.78 is 40.1. The van der Waals surface area contributed by atoms with Crippen molar-refractivity contribution in [3.05, 3.63) is 29.6 Å². The molecule has 0 aliphatic carbocycles. The molecule has 0 amide bonds. The van der Waals surface area contributed by atoms with Crippen molar-refractivity contribution in [3.8, 4) is 0 Å². The van der Waals surface area contributed by atoms with Gasteiger partial charge in [0, 0.05) is 0 Å². The molecule has 1 N–H and O–H groups in total. The first-order valence-corrected chi connectivity index (χ1v) is 5.04. The van der Waals surface area contributed by atoms with Gasteiger partial charge < -0.3 is 9.72 Å². The number of H-pyrrole nitrogens is 1. The summed E-state index contributed by atoms with van der Waals surface area (Å²) in [7, 11) is 0. The van der Waals surface area contributed by atoms with Crippen LogP contribution in [-0.4, -0.2) is 22.8 Å². The SMILES string of the molecule is Cc1cccc2[nH]c(COCC(F)(F)F)nc12. The van der Waals surface area contributed by atoms with Crippen LogP contribution in [0.15, 0.2) is 18.2 Å². The minimum atomic E-state index is -4.30. The van der Waals surface area contributed by atoms with E-state index in [-0.39, 0.29) is 6.61 Å². The van der Waals surface area contributed by atoms with Crippen LogP contribution in [0, 0.1) is 6.92 Å². The van der Waals surface area contributed by atoms with Crippen LogP contribution in [0.5, 0.6) is 0 Å². The number of nitrogens with one attached hydrogen (secondary N) is 1. The van der Waals surface area contributed by atoms with Gasteiger partial charge in [0.1, 0.15) is 19.0 Å². The van der Waals surface area contributed by atoms with E-state index < -0.39 is 12.8 Å². The molecule has 0 atom stereocenters. The minimum absolute atomic E-state index is 0.173. The number of imidazole rings is 1. The maximum atomic E-state index is 11.9. The molecule has 0 spiro atoms. The number of nitrogens with zero attached hydrogens (tertiary/aromatic N) is 1. The molecule has 0 unspecified atom stereocenters. The second kappa shape index (κ2) is 4.37. The lowest BCUT2D eigenvalue weighted by atomic mass is 10.2. The van der Waals surface area contributed by atoms with Crippen LogP contribution in [0.3, 0.4) is 0 Å². The van der Waals surface area contributed by atoms with E-state index in [0.29, 0.717) is 5.82 Å². The molecule has 2 aromatic rings. The van der Waals surface area contributed by atoms with Crippen molar-refractivity contribution < 1.29 is 17.9 Å². The Labute approximate surface area is 95.6 Å². The number of alkyl halides is 3. The average Bonchev–Trinajstić information content (AvgIpc) is 2.60. The molecular weight excluding hydrogens is 233 g/mol. The standard InChI is InChI=1S/C11H11F3N2O/c1-7-3-2-4-8-10(7)16-9(15-8)5-17-6-11(12,13)14/h2-4H,5-6H2,1H3,(H,15,16). The highest BCUT2D eigenvalue weighted by Gasteiger charge is 2.27. The number of hydrogen-bond acceptors (Lipinski definition) is 2. The summed E-state index contributed by atoms with van der Waals surface area (Å²) in [5, 5.41) is 0. The van der Waals surface area contributed by atoms with Gasteiger partial charge in [0.05, 0.1) is 11.0 Å². The van der Waals surface area contributed by atoms with Crippen molar-refractivity contribution in [2.24, 2.45) is 0 Å². The summed E-state index contributed by atoms with van der Waals surface area (Å²) in [6.07, 6.45) is -4.30. The third kappa shape index (κ3) is 2.97. The third-order valence-electron chi connectivity index (χ3n) is 2.27. The quantitative estimate of drug-likeness (QED) is 0.901. The van der Waals surface area contributed by atoms with Gasteiger partial charge in [-0.3, -0.25) is 0 Å². The van der Waals surface area contributed by atoms with E-state index in [1.54, 1.807) is 0 Å². The van der Waals surface area contributed by atoms with Crippen LogP contribution in [0.4, 0.5) is 13.2 Å². The Bertz CT molecular complexity index is 519. The Morgan fingerprint density at radius 2 is 2.12 bits per heavy atom. The van der Waals surface area contributed by atoms with Gasteiger partial charge in [-0.25, -0.2) is 4.98 Å². The van der Waals surface area contributed by atoms with E-state index in [1.807, 2.05) is 25.1 Å². The molecule has 1 aromatic heterocycles. The van der Waals surface area contributed by atoms with Crippen LogP contribution in [0.2, 0.25) is 0 Å². The van der Waals surface area contributed by atoms with E-state index in [0.717, 1.165) is 16.6 Å². The van der Waals surface area contributed by atoms with Crippen LogP contribution in [-0.2, 0) is 11.3 Å². The largest absolute Gasteiger partial charge is 0.411 e. The molecule has 1 heterocycles.